The maximum atomic E-state index is 12.8. The van der Waals surface area contributed by atoms with Gasteiger partial charge in [0.25, 0.3) is 0 Å². The molecule has 0 radical (unpaired) electrons. The van der Waals surface area contributed by atoms with Crippen molar-refractivity contribution >= 4 is 17.9 Å². The number of amides is 2. The van der Waals surface area contributed by atoms with Crippen molar-refractivity contribution in [2.24, 2.45) is 11.8 Å². The average molecular weight is 443 g/mol. The molecule has 1 saturated carbocycles. The van der Waals surface area contributed by atoms with Gasteiger partial charge in [-0.05, 0) is 55.4 Å². The standard InChI is InChI=1S/C26H38N2O4/c1-19(2)18-32-23-13-11-20(16-24(23)31-3)12-14-25(29)28-15-7-8-21(17-28)26(30)27-22-9-5-4-6-10-22/h11-14,16,19,21-22H,4-10,15,17-18H2,1-3H3,(H,27,30)/b14-12+. The Bertz CT molecular complexity index is 799. The summed E-state index contributed by atoms with van der Waals surface area (Å²) in [5.74, 6) is 1.72. The molecular formula is C26H38N2O4. The van der Waals surface area contributed by atoms with Crippen molar-refractivity contribution in [2.75, 3.05) is 26.8 Å². The van der Waals surface area contributed by atoms with Crippen molar-refractivity contribution in [3.8, 4) is 11.5 Å². The van der Waals surface area contributed by atoms with Crippen LogP contribution in [0.25, 0.3) is 6.08 Å². The highest BCUT2D eigenvalue weighted by molar-refractivity contribution is 5.92. The first-order chi connectivity index (χ1) is 15.5. The Kier molecular flexibility index (Phi) is 9.00. The number of piperidine rings is 1. The molecule has 2 amide bonds. The molecule has 6 heteroatoms. The summed E-state index contributed by atoms with van der Waals surface area (Å²) in [5.41, 5.74) is 0.871. The van der Waals surface area contributed by atoms with Crippen molar-refractivity contribution in [3.05, 3.63) is 29.8 Å². The molecule has 1 aliphatic carbocycles. The molecule has 1 aromatic carbocycles. The highest BCUT2D eigenvalue weighted by Crippen LogP contribution is 2.29. The fourth-order valence-electron chi connectivity index (χ4n) is 4.39. The van der Waals surface area contributed by atoms with Gasteiger partial charge in [0.1, 0.15) is 0 Å². The predicted octanol–water partition coefficient (Wildman–Crippen LogP) is 4.43. The third-order valence-electron chi connectivity index (χ3n) is 6.23. The Balaban J connectivity index is 1.55. The lowest BCUT2D eigenvalue weighted by Gasteiger charge is -2.33. The molecule has 1 aliphatic heterocycles. The van der Waals surface area contributed by atoms with E-state index in [0.717, 1.165) is 31.2 Å². The minimum atomic E-state index is -0.111. The maximum absolute atomic E-state index is 12.8. The van der Waals surface area contributed by atoms with Crippen LogP contribution in [0.1, 0.15) is 64.4 Å². The summed E-state index contributed by atoms with van der Waals surface area (Å²) in [6, 6.07) is 5.97. The van der Waals surface area contributed by atoms with E-state index >= 15 is 0 Å². The SMILES string of the molecule is COc1cc(/C=C/C(=O)N2CCCC(C(=O)NC3CCCCC3)C2)ccc1OCC(C)C. The number of methoxy groups -OCH3 is 1. The van der Waals surface area contributed by atoms with E-state index in [-0.39, 0.29) is 17.7 Å². The van der Waals surface area contributed by atoms with E-state index in [9.17, 15) is 9.59 Å². The van der Waals surface area contributed by atoms with Gasteiger partial charge in [0.15, 0.2) is 11.5 Å². The fraction of sp³-hybridized carbons (Fsp3) is 0.615. The second kappa shape index (κ2) is 11.9. The fourth-order valence-corrected chi connectivity index (χ4v) is 4.39. The zero-order chi connectivity index (χ0) is 22.9. The van der Waals surface area contributed by atoms with Crippen molar-refractivity contribution in [1.29, 1.82) is 0 Å². The summed E-state index contributed by atoms with van der Waals surface area (Å²) >= 11 is 0. The van der Waals surface area contributed by atoms with Crippen molar-refractivity contribution in [3.63, 3.8) is 0 Å². The molecule has 0 aromatic heterocycles. The topological polar surface area (TPSA) is 67.9 Å². The molecular weight excluding hydrogens is 404 g/mol. The lowest BCUT2D eigenvalue weighted by atomic mass is 9.93. The van der Waals surface area contributed by atoms with Gasteiger partial charge in [-0.2, -0.15) is 0 Å². The van der Waals surface area contributed by atoms with Crippen LogP contribution in [-0.4, -0.2) is 49.6 Å². The summed E-state index contributed by atoms with van der Waals surface area (Å²) in [4.78, 5) is 27.3. The Morgan fingerprint density at radius 1 is 1.12 bits per heavy atom. The van der Waals surface area contributed by atoms with E-state index in [1.165, 1.54) is 19.3 Å². The summed E-state index contributed by atoms with van der Waals surface area (Å²) < 4.78 is 11.2. The van der Waals surface area contributed by atoms with Gasteiger partial charge >= 0.3 is 0 Å². The van der Waals surface area contributed by atoms with Crippen LogP contribution in [0.15, 0.2) is 24.3 Å². The van der Waals surface area contributed by atoms with Crippen LogP contribution in [-0.2, 0) is 9.59 Å². The van der Waals surface area contributed by atoms with Gasteiger partial charge in [-0.3, -0.25) is 9.59 Å². The Morgan fingerprint density at radius 3 is 2.62 bits per heavy atom. The highest BCUT2D eigenvalue weighted by Gasteiger charge is 2.29. The number of nitrogens with one attached hydrogen (secondary N) is 1. The normalized spacial score (nSPS) is 19.9. The third kappa shape index (κ3) is 7.01. The zero-order valence-corrected chi connectivity index (χ0v) is 19.8. The molecule has 1 unspecified atom stereocenters. The van der Waals surface area contributed by atoms with Gasteiger partial charge in [-0.25, -0.2) is 0 Å². The Hall–Kier alpha value is -2.50. The smallest absolute Gasteiger partial charge is 0.246 e. The number of rotatable bonds is 8. The highest BCUT2D eigenvalue weighted by atomic mass is 16.5. The number of benzene rings is 1. The molecule has 1 saturated heterocycles. The molecule has 1 atom stereocenters. The van der Waals surface area contributed by atoms with Crippen molar-refractivity contribution in [2.45, 2.75) is 64.8 Å². The molecule has 2 aliphatic rings. The molecule has 32 heavy (non-hydrogen) atoms. The van der Waals surface area contributed by atoms with Gasteiger partial charge in [0, 0.05) is 25.2 Å². The van der Waals surface area contributed by atoms with Gasteiger partial charge in [0.2, 0.25) is 11.8 Å². The van der Waals surface area contributed by atoms with Crippen LogP contribution in [0.5, 0.6) is 11.5 Å². The van der Waals surface area contributed by atoms with Crippen molar-refractivity contribution in [1.82, 2.24) is 10.2 Å². The van der Waals surface area contributed by atoms with E-state index in [1.54, 1.807) is 24.2 Å². The number of hydrogen-bond donors (Lipinski definition) is 1. The monoisotopic (exact) mass is 442 g/mol. The molecule has 1 N–H and O–H groups in total. The number of likely N-dealkylation sites (tertiary alicyclic amines) is 1. The van der Waals surface area contributed by atoms with Crippen LogP contribution in [0, 0.1) is 11.8 Å². The lowest BCUT2D eigenvalue weighted by Crippen LogP contribution is -2.47. The molecule has 0 bridgehead atoms. The van der Waals surface area contributed by atoms with Crippen molar-refractivity contribution < 1.29 is 19.1 Å². The average Bonchev–Trinajstić information content (AvgIpc) is 2.82. The number of carbonyl (C=O) groups excluding carboxylic acids is 2. The first-order valence-electron chi connectivity index (χ1n) is 12.0. The molecule has 1 heterocycles. The number of ether oxygens (including phenoxy) is 2. The summed E-state index contributed by atoms with van der Waals surface area (Å²) in [5, 5.41) is 3.22. The van der Waals surface area contributed by atoms with Crippen LogP contribution >= 0.6 is 0 Å². The van der Waals surface area contributed by atoms with Crippen LogP contribution in [0.3, 0.4) is 0 Å². The predicted molar refractivity (Wildman–Crippen MR) is 127 cm³/mol. The van der Waals surface area contributed by atoms with Gasteiger partial charge < -0.3 is 19.7 Å². The molecule has 6 nitrogen and oxygen atoms in total. The Morgan fingerprint density at radius 2 is 1.91 bits per heavy atom. The summed E-state index contributed by atoms with van der Waals surface area (Å²) in [6.07, 6.45) is 10.9. The van der Waals surface area contributed by atoms with E-state index < -0.39 is 0 Å². The number of carbonyl (C=O) groups is 2. The van der Waals surface area contributed by atoms with E-state index in [4.69, 9.17) is 9.47 Å². The second-order valence-electron chi connectivity index (χ2n) is 9.42. The van der Waals surface area contributed by atoms with Gasteiger partial charge in [0.05, 0.1) is 19.6 Å². The van der Waals surface area contributed by atoms with Crippen LogP contribution in [0.2, 0.25) is 0 Å². The lowest BCUT2D eigenvalue weighted by molar-refractivity contribution is -0.132. The first kappa shape index (κ1) is 24.1. The molecule has 176 valence electrons. The van der Waals surface area contributed by atoms with Crippen LogP contribution in [0.4, 0.5) is 0 Å². The first-order valence-corrected chi connectivity index (χ1v) is 12.0. The summed E-state index contributed by atoms with van der Waals surface area (Å²) in [6.45, 7) is 6.00. The zero-order valence-electron chi connectivity index (χ0n) is 19.8. The minimum absolute atomic E-state index is 0.0562. The second-order valence-corrected chi connectivity index (χ2v) is 9.42. The third-order valence-corrected chi connectivity index (χ3v) is 6.23. The molecule has 2 fully saturated rings. The molecule has 0 spiro atoms. The number of hydrogen-bond acceptors (Lipinski definition) is 4. The van der Waals surface area contributed by atoms with Gasteiger partial charge in [-0.15, -0.1) is 0 Å². The van der Waals surface area contributed by atoms with E-state index in [0.29, 0.717) is 43.2 Å². The quantitative estimate of drug-likeness (QED) is 0.605. The van der Waals surface area contributed by atoms with E-state index in [2.05, 4.69) is 19.2 Å². The minimum Gasteiger partial charge on any atom is -0.493 e. The largest absolute Gasteiger partial charge is 0.493 e. The van der Waals surface area contributed by atoms with E-state index in [1.807, 2.05) is 18.2 Å². The molecule has 3 rings (SSSR count). The maximum Gasteiger partial charge on any atom is 0.246 e. The Labute approximate surface area is 192 Å². The van der Waals surface area contributed by atoms with Gasteiger partial charge in [-0.1, -0.05) is 39.2 Å². The molecule has 1 aromatic rings. The summed E-state index contributed by atoms with van der Waals surface area (Å²) in [7, 11) is 1.61. The number of nitrogens with zero attached hydrogens (tertiary/aromatic N) is 1. The van der Waals surface area contributed by atoms with Crippen LogP contribution < -0.4 is 14.8 Å².